The average Bonchev–Trinajstić information content (AvgIpc) is 2.38. The van der Waals surface area contributed by atoms with Crippen LogP contribution in [0.15, 0.2) is 42.5 Å². The first-order chi connectivity index (χ1) is 8.50. The van der Waals surface area contributed by atoms with Gasteiger partial charge < -0.3 is 5.11 Å². The first-order valence-corrected chi connectivity index (χ1v) is 5.25. The minimum atomic E-state index is -4.33. The van der Waals surface area contributed by atoms with E-state index in [0.29, 0.717) is 17.0 Å². The third kappa shape index (κ3) is 2.68. The van der Waals surface area contributed by atoms with Crippen LogP contribution >= 0.6 is 0 Å². The molecule has 0 aliphatic carbocycles. The predicted octanol–water partition coefficient (Wildman–Crippen LogP) is 3.26. The Balaban J connectivity index is 2.34. The van der Waals surface area contributed by atoms with Gasteiger partial charge in [0.15, 0.2) is 0 Å². The largest absolute Gasteiger partial charge is 0.416 e. The van der Waals surface area contributed by atoms with Crippen molar-refractivity contribution in [2.45, 2.75) is 12.8 Å². The van der Waals surface area contributed by atoms with Crippen LogP contribution in [-0.2, 0) is 12.8 Å². The lowest BCUT2D eigenvalue weighted by Crippen LogP contribution is -2.04. The summed E-state index contributed by atoms with van der Waals surface area (Å²) >= 11 is 0. The molecule has 2 aromatic rings. The number of aliphatic hydroxyl groups is 1. The minimum Gasteiger partial charge on any atom is -0.390 e. The second-order valence-electron chi connectivity index (χ2n) is 3.75. The molecule has 0 aliphatic rings. The summed E-state index contributed by atoms with van der Waals surface area (Å²) in [4.78, 5) is 4.12. The Kier molecular flexibility index (Phi) is 3.34. The van der Waals surface area contributed by atoms with Crippen molar-refractivity contribution in [1.82, 2.24) is 4.98 Å². The van der Waals surface area contributed by atoms with Crippen molar-refractivity contribution < 1.29 is 18.3 Å². The molecule has 0 amide bonds. The third-order valence-corrected chi connectivity index (χ3v) is 2.48. The van der Waals surface area contributed by atoms with E-state index in [4.69, 9.17) is 5.11 Å². The van der Waals surface area contributed by atoms with Crippen molar-refractivity contribution >= 4 is 0 Å². The summed E-state index contributed by atoms with van der Waals surface area (Å²) in [5.41, 5.74) is 0.908. The lowest BCUT2D eigenvalue weighted by atomic mass is 10.1. The highest BCUT2D eigenvalue weighted by Gasteiger charge is 2.29. The standard InChI is InChI=1S/C13H10F3NO/c14-13(15,16)10-6-4-9(5-7-10)12-3-1-2-11(8-18)17-12/h1-7,18H,8H2. The zero-order valence-electron chi connectivity index (χ0n) is 9.28. The molecule has 1 N–H and O–H groups in total. The van der Waals surface area contributed by atoms with Crippen LogP contribution in [0.5, 0.6) is 0 Å². The highest BCUT2D eigenvalue weighted by molar-refractivity contribution is 5.59. The Morgan fingerprint density at radius 3 is 2.22 bits per heavy atom. The summed E-state index contributed by atoms with van der Waals surface area (Å²) in [6, 6.07) is 9.80. The van der Waals surface area contributed by atoms with Gasteiger partial charge in [-0.3, -0.25) is 4.98 Å². The summed E-state index contributed by atoms with van der Waals surface area (Å²) in [6.45, 7) is -0.200. The maximum Gasteiger partial charge on any atom is 0.416 e. The van der Waals surface area contributed by atoms with Crippen LogP contribution in [0.25, 0.3) is 11.3 Å². The number of benzene rings is 1. The first kappa shape index (κ1) is 12.6. The van der Waals surface area contributed by atoms with Gasteiger partial charge in [-0.2, -0.15) is 13.2 Å². The van der Waals surface area contributed by atoms with E-state index in [1.54, 1.807) is 18.2 Å². The van der Waals surface area contributed by atoms with E-state index in [0.717, 1.165) is 12.1 Å². The van der Waals surface area contributed by atoms with Crippen LogP contribution in [0.2, 0.25) is 0 Å². The third-order valence-electron chi connectivity index (χ3n) is 2.48. The maximum atomic E-state index is 12.4. The maximum absolute atomic E-state index is 12.4. The van der Waals surface area contributed by atoms with E-state index in [1.807, 2.05) is 0 Å². The smallest absolute Gasteiger partial charge is 0.390 e. The summed E-state index contributed by atoms with van der Waals surface area (Å²) < 4.78 is 37.2. The number of aliphatic hydroxyl groups excluding tert-OH is 1. The van der Waals surface area contributed by atoms with Crippen molar-refractivity contribution in [3.63, 3.8) is 0 Å². The number of aromatic nitrogens is 1. The van der Waals surface area contributed by atoms with E-state index >= 15 is 0 Å². The van der Waals surface area contributed by atoms with E-state index in [1.165, 1.54) is 12.1 Å². The fraction of sp³-hybridized carbons (Fsp3) is 0.154. The average molecular weight is 253 g/mol. The highest BCUT2D eigenvalue weighted by atomic mass is 19.4. The van der Waals surface area contributed by atoms with Crippen LogP contribution in [-0.4, -0.2) is 10.1 Å². The molecule has 0 unspecified atom stereocenters. The lowest BCUT2D eigenvalue weighted by molar-refractivity contribution is -0.137. The summed E-state index contributed by atoms with van der Waals surface area (Å²) in [5, 5.41) is 8.95. The summed E-state index contributed by atoms with van der Waals surface area (Å²) in [6.07, 6.45) is -4.33. The molecule has 94 valence electrons. The van der Waals surface area contributed by atoms with Gasteiger partial charge in [0.05, 0.1) is 23.6 Å². The van der Waals surface area contributed by atoms with Crippen LogP contribution in [0.4, 0.5) is 13.2 Å². The van der Waals surface area contributed by atoms with Gasteiger partial charge >= 0.3 is 6.18 Å². The molecule has 0 spiro atoms. The van der Waals surface area contributed by atoms with Crippen molar-refractivity contribution in [2.75, 3.05) is 0 Å². The van der Waals surface area contributed by atoms with Crippen molar-refractivity contribution in [1.29, 1.82) is 0 Å². The molecule has 0 fully saturated rings. The van der Waals surface area contributed by atoms with Gasteiger partial charge in [-0.05, 0) is 24.3 Å². The van der Waals surface area contributed by atoms with E-state index < -0.39 is 11.7 Å². The predicted molar refractivity (Wildman–Crippen MR) is 60.6 cm³/mol. The zero-order valence-corrected chi connectivity index (χ0v) is 9.28. The summed E-state index contributed by atoms with van der Waals surface area (Å²) in [5.74, 6) is 0. The molecular weight excluding hydrogens is 243 g/mol. The minimum absolute atomic E-state index is 0.200. The number of hydrogen-bond acceptors (Lipinski definition) is 2. The number of nitrogens with zero attached hydrogens (tertiary/aromatic N) is 1. The Morgan fingerprint density at radius 2 is 1.67 bits per heavy atom. The molecule has 0 bridgehead atoms. The van der Waals surface area contributed by atoms with Crippen LogP contribution < -0.4 is 0 Å². The quantitative estimate of drug-likeness (QED) is 0.891. The lowest BCUT2D eigenvalue weighted by Gasteiger charge is -2.07. The molecule has 0 aliphatic heterocycles. The molecule has 0 saturated heterocycles. The van der Waals surface area contributed by atoms with Gasteiger partial charge in [-0.15, -0.1) is 0 Å². The number of hydrogen-bond donors (Lipinski definition) is 1. The Labute approximate surface area is 102 Å². The van der Waals surface area contributed by atoms with E-state index in [2.05, 4.69) is 4.98 Å². The van der Waals surface area contributed by atoms with Crippen molar-refractivity contribution in [2.24, 2.45) is 0 Å². The molecule has 1 aromatic heterocycles. The number of halogens is 3. The highest BCUT2D eigenvalue weighted by Crippen LogP contribution is 2.30. The van der Waals surface area contributed by atoms with E-state index in [9.17, 15) is 13.2 Å². The monoisotopic (exact) mass is 253 g/mol. The molecule has 0 radical (unpaired) electrons. The molecule has 0 atom stereocenters. The van der Waals surface area contributed by atoms with Gasteiger partial charge in [-0.1, -0.05) is 18.2 Å². The molecule has 18 heavy (non-hydrogen) atoms. The number of alkyl halides is 3. The van der Waals surface area contributed by atoms with E-state index in [-0.39, 0.29) is 6.61 Å². The van der Waals surface area contributed by atoms with Gasteiger partial charge in [-0.25, -0.2) is 0 Å². The SMILES string of the molecule is OCc1cccc(-c2ccc(C(F)(F)F)cc2)n1. The molecule has 1 heterocycles. The van der Waals surface area contributed by atoms with Crippen molar-refractivity contribution in [3.8, 4) is 11.3 Å². The Hall–Kier alpha value is -1.88. The Bertz CT molecular complexity index is 535. The van der Waals surface area contributed by atoms with Crippen LogP contribution in [0.1, 0.15) is 11.3 Å². The molecular formula is C13H10F3NO. The number of pyridine rings is 1. The first-order valence-electron chi connectivity index (χ1n) is 5.25. The molecule has 5 heteroatoms. The summed E-state index contributed by atoms with van der Waals surface area (Å²) in [7, 11) is 0. The number of rotatable bonds is 2. The van der Waals surface area contributed by atoms with Crippen LogP contribution in [0.3, 0.4) is 0 Å². The van der Waals surface area contributed by atoms with Gasteiger partial charge in [0.1, 0.15) is 0 Å². The zero-order chi connectivity index (χ0) is 13.2. The fourth-order valence-electron chi connectivity index (χ4n) is 1.56. The second-order valence-corrected chi connectivity index (χ2v) is 3.75. The van der Waals surface area contributed by atoms with Crippen molar-refractivity contribution in [3.05, 3.63) is 53.7 Å². The van der Waals surface area contributed by atoms with Gasteiger partial charge in [0.25, 0.3) is 0 Å². The normalized spacial score (nSPS) is 11.6. The van der Waals surface area contributed by atoms with Gasteiger partial charge in [0, 0.05) is 5.56 Å². The second kappa shape index (κ2) is 4.78. The molecule has 1 aromatic carbocycles. The Morgan fingerprint density at radius 1 is 1.00 bits per heavy atom. The van der Waals surface area contributed by atoms with Crippen LogP contribution in [0, 0.1) is 0 Å². The molecule has 2 rings (SSSR count). The molecule has 0 saturated carbocycles. The van der Waals surface area contributed by atoms with Gasteiger partial charge in [0.2, 0.25) is 0 Å². The fourth-order valence-corrected chi connectivity index (χ4v) is 1.56. The molecule has 2 nitrogen and oxygen atoms in total. The topological polar surface area (TPSA) is 33.1 Å².